The molecule has 0 saturated carbocycles. The number of para-hydroxylation sites is 1. The number of hydrogen-bond acceptors (Lipinski definition) is 5. The van der Waals surface area contributed by atoms with Gasteiger partial charge < -0.3 is 9.32 Å². The van der Waals surface area contributed by atoms with Crippen molar-refractivity contribution in [3.63, 3.8) is 0 Å². The Morgan fingerprint density at radius 2 is 2.08 bits per heavy atom. The highest BCUT2D eigenvalue weighted by Crippen LogP contribution is 2.41. The third-order valence-electron chi connectivity index (χ3n) is 5.18. The van der Waals surface area contributed by atoms with Gasteiger partial charge in [-0.05, 0) is 38.8 Å². The van der Waals surface area contributed by atoms with E-state index in [0.29, 0.717) is 0 Å². The Balaban J connectivity index is 1.70. The molecule has 0 unspecified atom stereocenters. The highest BCUT2D eigenvalue weighted by molar-refractivity contribution is 6.05. The van der Waals surface area contributed by atoms with Crippen LogP contribution in [0, 0.1) is 13.8 Å². The average molecular weight is 333 g/mol. The van der Waals surface area contributed by atoms with E-state index < -0.39 is 0 Å². The van der Waals surface area contributed by atoms with Crippen LogP contribution in [-0.2, 0) is 0 Å². The number of hydrogen-bond donors (Lipinski definition) is 1. The maximum Gasteiger partial charge on any atom is 0.196 e. The van der Waals surface area contributed by atoms with E-state index in [1.807, 2.05) is 24.3 Å². The van der Waals surface area contributed by atoms with Crippen molar-refractivity contribution in [2.45, 2.75) is 32.7 Å². The molecule has 6 nitrogen and oxygen atoms in total. The summed E-state index contributed by atoms with van der Waals surface area (Å²) in [4.78, 5) is 11.4. The second-order valence-electron chi connectivity index (χ2n) is 6.67. The van der Waals surface area contributed by atoms with Crippen LogP contribution in [0.15, 0.2) is 35.0 Å². The molecule has 4 aromatic rings. The Hall–Kier alpha value is -2.89. The fourth-order valence-electron chi connectivity index (χ4n) is 4.09. The molecule has 126 valence electrons. The van der Waals surface area contributed by atoms with E-state index in [-0.39, 0.29) is 6.04 Å². The standard InChI is InChI=1S/C19H19N5O/c1-11-16(12(2)23-22-11)14-7-5-9-24(14)19-18-17(20-10-21-19)13-6-3-4-8-15(13)25-18/h3-4,6,8,10,14H,5,7,9H2,1-2H3,(H,22,23)/t14-/m0/s1. The molecule has 6 heteroatoms. The Bertz CT molecular complexity index is 1060. The highest BCUT2D eigenvalue weighted by atomic mass is 16.3. The number of rotatable bonds is 2. The first-order valence-corrected chi connectivity index (χ1v) is 8.64. The van der Waals surface area contributed by atoms with Gasteiger partial charge >= 0.3 is 0 Å². The van der Waals surface area contributed by atoms with Crippen LogP contribution in [-0.4, -0.2) is 26.7 Å². The minimum Gasteiger partial charge on any atom is -0.450 e. The van der Waals surface area contributed by atoms with Gasteiger partial charge in [-0.25, -0.2) is 9.97 Å². The predicted octanol–water partition coefficient (Wildman–Crippen LogP) is 4.06. The van der Waals surface area contributed by atoms with Gasteiger partial charge in [0.15, 0.2) is 11.4 Å². The van der Waals surface area contributed by atoms with Crippen LogP contribution >= 0.6 is 0 Å². The van der Waals surface area contributed by atoms with Gasteiger partial charge in [-0.15, -0.1) is 0 Å². The summed E-state index contributed by atoms with van der Waals surface area (Å²) in [7, 11) is 0. The molecule has 5 rings (SSSR count). The van der Waals surface area contributed by atoms with Crippen molar-refractivity contribution >= 4 is 27.9 Å². The number of aromatic nitrogens is 4. The summed E-state index contributed by atoms with van der Waals surface area (Å²) in [5.74, 6) is 0.878. The largest absolute Gasteiger partial charge is 0.450 e. The highest BCUT2D eigenvalue weighted by Gasteiger charge is 2.32. The average Bonchev–Trinajstić information content (AvgIpc) is 3.31. The zero-order valence-electron chi connectivity index (χ0n) is 14.3. The molecule has 3 aromatic heterocycles. The summed E-state index contributed by atoms with van der Waals surface area (Å²) in [5, 5.41) is 8.52. The molecule has 1 aliphatic rings. The minimum absolute atomic E-state index is 0.269. The summed E-state index contributed by atoms with van der Waals surface area (Å²) >= 11 is 0. The Morgan fingerprint density at radius 3 is 2.92 bits per heavy atom. The van der Waals surface area contributed by atoms with E-state index in [1.165, 1.54) is 5.56 Å². The van der Waals surface area contributed by atoms with Crippen LogP contribution in [0.25, 0.3) is 22.1 Å². The van der Waals surface area contributed by atoms with Crippen molar-refractivity contribution in [2.24, 2.45) is 0 Å². The number of benzene rings is 1. The number of aryl methyl sites for hydroxylation is 2. The van der Waals surface area contributed by atoms with E-state index >= 15 is 0 Å². The molecule has 1 N–H and O–H groups in total. The molecule has 0 aliphatic carbocycles. The van der Waals surface area contributed by atoms with E-state index in [4.69, 9.17) is 4.42 Å². The van der Waals surface area contributed by atoms with Gasteiger partial charge in [0, 0.05) is 23.2 Å². The second kappa shape index (κ2) is 5.31. The number of fused-ring (bicyclic) bond motifs is 3. The van der Waals surface area contributed by atoms with Gasteiger partial charge in [0.2, 0.25) is 0 Å². The monoisotopic (exact) mass is 333 g/mol. The summed E-state index contributed by atoms with van der Waals surface area (Å²) in [6, 6.07) is 8.28. The lowest BCUT2D eigenvalue weighted by Crippen LogP contribution is -2.24. The van der Waals surface area contributed by atoms with Crippen LogP contribution in [0.2, 0.25) is 0 Å². The lowest BCUT2D eigenvalue weighted by molar-refractivity contribution is 0.651. The molecule has 25 heavy (non-hydrogen) atoms. The SMILES string of the molecule is Cc1n[nH]c(C)c1[C@@H]1CCCN1c1ncnc2c1oc1ccccc12. The summed E-state index contributed by atoms with van der Waals surface area (Å²) in [5.41, 5.74) is 5.97. The lowest BCUT2D eigenvalue weighted by atomic mass is 10.0. The number of aromatic amines is 1. The Morgan fingerprint density at radius 1 is 1.20 bits per heavy atom. The minimum atomic E-state index is 0.269. The number of nitrogens with zero attached hydrogens (tertiary/aromatic N) is 4. The van der Waals surface area contributed by atoms with Crippen molar-refractivity contribution in [2.75, 3.05) is 11.4 Å². The van der Waals surface area contributed by atoms with Gasteiger partial charge in [-0.3, -0.25) is 5.10 Å². The maximum absolute atomic E-state index is 6.13. The Labute approximate surface area is 144 Å². The third kappa shape index (κ3) is 2.06. The Kier molecular flexibility index (Phi) is 3.07. The van der Waals surface area contributed by atoms with Crippen LogP contribution in [0.3, 0.4) is 0 Å². The molecule has 1 atom stereocenters. The van der Waals surface area contributed by atoms with Gasteiger partial charge in [0.1, 0.15) is 17.4 Å². The van der Waals surface area contributed by atoms with Crippen molar-refractivity contribution < 1.29 is 4.42 Å². The second-order valence-corrected chi connectivity index (χ2v) is 6.67. The zero-order chi connectivity index (χ0) is 17.0. The molecule has 1 aromatic carbocycles. The number of furan rings is 1. The number of H-pyrrole nitrogens is 1. The van der Waals surface area contributed by atoms with Crippen LogP contribution in [0.4, 0.5) is 5.82 Å². The first-order valence-electron chi connectivity index (χ1n) is 8.64. The van der Waals surface area contributed by atoms with Crippen molar-refractivity contribution in [1.29, 1.82) is 0 Å². The molecular weight excluding hydrogens is 314 g/mol. The molecule has 1 fully saturated rings. The molecule has 1 aliphatic heterocycles. The third-order valence-corrected chi connectivity index (χ3v) is 5.18. The lowest BCUT2D eigenvalue weighted by Gasteiger charge is -2.26. The molecular formula is C19H19N5O. The summed E-state index contributed by atoms with van der Waals surface area (Å²) < 4.78 is 6.13. The van der Waals surface area contributed by atoms with Crippen LogP contribution in [0.5, 0.6) is 0 Å². The molecule has 1 saturated heterocycles. The number of nitrogens with one attached hydrogen (secondary N) is 1. The molecule has 4 heterocycles. The summed E-state index contributed by atoms with van der Waals surface area (Å²) in [6.45, 7) is 5.10. The van der Waals surface area contributed by atoms with E-state index in [1.54, 1.807) is 6.33 Å². The normalized spacial score (nSPS) is 17.8. The van der Waals surface area contributed by atoms with Gasteiger partial charge in [-0.2, -0.15) is 5.10 Å². The number of anilines is 1. The first kappa shape index (κ1) is 14.5. The fourth-order valence-corrected chi connectivity index (χ4v) is 4.09. The fraction of sp³-hybridized carbons (Fsp3) is 0.316. The quantitative estimate of drug-likeness (QED) is 0.599. The first-order chi connectivity index (χ1) is 12.2. The van der Waals surface area contributed by atoms with E-state index in [9.17, 15) is 0 Å². The van der Waals surface area contributed by atoms with E-state index in [0.717, 1.165) is 58.7 Å². The molecule has 0 radical (unpaired) electrons. The van der Waals surface area contributed by atoms with Crippen molar-refractivity contribution in [3.05, 3.63) is 47.5 Å². The zero-order valence-corrected chi connectivity index (χ0v) is 14.3. The van der Waals surface area contributed by atoms with E-state index in [2.05, 4.69) is 38.9 Å². The van der Waals surface area contributed by atoms with Crippen molar-refractivity contribution in [3.8, 4) is 0 Å². The van der Waals surface area contributed by atoms with Gasteiger partial charge in [0.25, 0.3) is 0 Å². The molecule has 0 bridgehead atoms. The van der Waals surface area contributed by atoms with Crippen LogP contribution < -0.4 is 4.90 Å². The molecule has 0 amide bonds. The maximum atomic E-state index is 6.13. The molecule has 0 spiro atoms. The summed E-state index contributed by atoms with van der Waals surface area (Å²) in [6.07, 6.45) is 3.86. The van der Waals surface area contributed by atoms with Gasteiger partial charge in [-0.1, -0.05) is 12.1 Å². The van der Waals surface area contributed by atoms with Gasteiger partial charge in [0.05, 0.1) is 11.7 Å². The topological polar surface area (TPSA) is 70.8 Å². The predicted molar refractivity (Wildman–Crippen MR) is 96.7 cm³/mol. The van der Waals surface area contributed by atoms with Crippen molar-refractivity contribution in [1.82, 2.24) is 20.2 Å². The smallest absolute Gasteiger partial charge is 0.196 e. The van der Waals surface area contributed by atoms with Crippen LogP contribution in [0.1, 0.15) is 35.8 Å².